The zero-order valence-corrected chi connectivity index (χ0v) is 15.0. The molecule has 2 aromatic rings. The van der Waals surface area contributed by atoms with Gasteiger partial charge in [-0.2, -0.15) is 0 Å². The van der Waals surface area contributed by atoms with Gasteiger partial charge in [0.05, 0.1) is 32.2 Å². The van der Waals surface area contributed by atoms with E-state index < -0.39 is 11.8 Å². The molecular weight excluding hydrogens is 336 g/mol. The highest BCUT2D eigenvalue weighted by atomic mass is 16.5. The van der Waals surface area contributed by atoms with Gasteiger partial charge in [0.25, 0.3) is 0 Å². The van der Waals surface area contributed by atoms with Gasteiger partial charge >= 0.3 is 0 Å². The minimum Gasteiger partial charge on any atom is -0.497 e. The predicted octanol–water partition coefficient (Wildman–Crippen LogP) is 3.07. The number of carbonyl (C=O) groups excluding carboxylic acids is 2. The Hall–Kier alpha value is -3.22. The molecule has 0 saturated heterocycles. The Morgan fingerprint density at radius 2 is 1.54 bits per heavy atom. The first-order valence-corrected chi connectivity index (χ1v) is 8.11. The van der Waals surface area contributed by atoms with Crippen molar-refractivity contribution >= 4 is 23.2 Å². The number of carbonyl (C=O) groups is 2. The summed E-state index contributed by atoms with van der Waals surface area (Å²) in [5.74, 6) is 0.701. The Labute approximate surface area is 152 Å². The maximum atomic E-state index is 12.2. The fourth-order valence-corrected chi connectivity index (χ4v) is 2.29. The molecule has 0 aromatic heterocycles. The summed E-state index contributed by atoms with van der Waals surface area (Å²) in [6, 6.07) is 12.0. The molecule has 2 amide bonds. The number of para-hydroxylation sites is 2. The number of hydrogen-bond acceptors (Lipinski definition) is 5. The molecule has 0 fully saturated rings. The van der Waals surface area contributed by atoms with Crippen LogP contribution in [0, 0.1) is 0 Å². The number of nitrogens with one attached hydrogen (secondary N) is 2. The number of methoxy groups -OCH3 is 2. The number of anilines is 2. The molecule has 0 atom stereocenters. The second-order valence-corrected chi connectivity index (χ2v) is 5.27. The van der Waals surface area contributed by atoms with E-state index in [1.807, 2.05) is 13.0 Å². The number of hydrogen-bond donors (Lipinski definition) is 2. The second kappa shape index (κ2) is 9.31. The van der Waals surface area contributed by atoms with Crippen LogP contribution in [0.1, 0.15) is 13.3 Å². The van der Waals surface area contributed by atoms with Gasteiger partial charge in [-0.25, -0.2) is 0 Å². The van der Waals surface area contributed by atoms with Crippen LogP contribution >= 0.6 is 0 Å². The summed E-state index contributed by atoms with van der Waals surface area (Å²) in [6.07, 6.45) is -0.338. The fourth-order valence-electron chi connectivity index (χ4n) is 2.29. The zero-order chi connectivity index (χ0) is 18.9. The average Bonchev–Trinajstić information content (AvgIpc) is 2.63. The molecule has 0 aliphatic carbocycles. The van der Waals surface area contributed by atoms with Crippen molar-refractivity contribution in [2.24, 2.45) is 0 Å². The lowest BCUT2D eigenvalue weighted by Gasteiger charge is -2.13. The van der Waals surface area contributed by atoms with Gasteiger partial charge in [-0.05, 0) is 31.2 Å². The Balaban J connectivity index is 1.99. The van der Waals surface area contributed by atoms with Gasteiger partial charge in [-0.3, -0.25) is 9.59 Å². The van der Waals surface area contributed by atoms with E-state index in [-0.39, 0.29) is 6.42 Å². The summed E-state index contributed by atoms with van der Waals surface area (Å²) < 4.78 is 15.8. The number of benzene rings is 2. The maximum absolute atomic E-state index is 12.2. The van der Waals surface area contributed by atoms with E-state index in [0.29, 0.717) is 35.2 Å². The summed E-state index contributed by atoms with van der Waals surface area (Å²) in [6.45, 7) is 2.33. The first kappa shape index (κ1) is 19.1. The zero-order valence-electron chi connectivity index (χ0n) is 15.0. The topological polar surface area (TPSA) is 85.9 Å². The van der Waals surface area contributed by atoms with Gasteiger partial charge in [0.1, 0.15) is 23.7 Å². The third kappa shape index (κ3) is 5.14. The first-order valence-electron chi connectivity index (χ1n) is 8.11. The van der Waals surface area contributed by atoms with Crippen molar-refractivity contribution in [1.82, 2.24) is 0 Å². The summed E-state index contributed by atoms with van der Waals surface area (Å²) in [4.78, 5) is 24.3. The van der Waals surface area contributed by atoms with Crippen molar-refractivity contribution in [3.05, 3.63) is 42.5 Å². The van der Waals surface area contributed by atoms with E-state index in [1.165, 1.54) is 14.2 Å². The quantitative estimate of drug-likeness (QED) is 0.708. The minimum atomic E-state index is -0.458. The highest BCUT2D eigenvalue weighted by Crippen LogP contribution is 2.29. The van der Waals surface area contributed by atoms with Crippen LogP contribution in [0.2, 0.25) is 0 Å². The molecule has 26 heavy (non-hydrogen) atoms. The highest BCUT2D eigenvalue weighted by molar-refractivity contribution is 6.08. The van der Waals surface area contributed by atoms with Gasteiger partial charge in [0, 0.05) is 6.07 Å². The number of ether oxygens (including phenoxy) is 3. The van der Waals surface area contributed by atoms with Gasteiger partial charge in [-0.15, -0.1) is 0 Å². The molecule has 138 valence electrons. The van der Waals surface area contributed by atoms with Crippen LogP contribution in [0.3, 0.4) is 0 Å². The SMILES string of the molecule is CCOc1ccccc1NC(=O)CC(=O)Nc1ccc(OC)cc1OC. The Morgan fingerprint density at radius 1 is 0.885 bits per heavy atom. The first-order chi connectivity index (χ1) is 12.6. The van der Waals surface area contributed by atoms with Crippen molar-refractivity contribution in [3.8, 4) is 17.2 Å². The molecule has 0 bridgehead atoms. The Morgan fingerprint density at radius 3 is 2.15 bits per heavy atom. The molecule has 0 spiro atoms. The maximum Gasteiger partial charge on any atom is 0.233 e. The fraction of sp³-hybridized carbons (Fsp3) is 0.263. The molecule has 0 aliphatic rings. The lowest BCUT2D eigenvalue weighted by molar-refractivity contribution is -0.123. The lowest BCUT2D eigenvalue weighted by atomic mass is 10.2. The number of amides is 2. The molecule has 2 aromatic carbocycles. The van der Waals surface area contributed by atoms with E-state index in [1.54, 1.807) is 36.4 Å². The van der Waals surface area contributed by atoms with Crippen LogP contribution in [0.15, 0.2) is 42.5 Å². The van der Waals surface area contributed by atoms with E-state index in [4.69, 9.17) is 14.2 Å². The van der Waals surface area contributed by atoms with Crippen molar-refractivity contribution < 1.29 is 23.8 Å². The predicted molar refractivity (Wildman–Crippen MR) is 99.0 cm³/mol. The molecule has 7 nitrogen and oxygen atoms in total. The third-order valence-corrected chi connectivity index (χ3v) is 3.46. The van der Waals surface area contributed by atoms with E-state index in [0.717, 1.165) is 0 Å². The lowest BCUT2D eigenvalue weighted by Crippen LogP contribution is -2.22. The van der Waals surface area contributed by atoms with E-state index in [9.17, 15) is 9.59 Å². The van der Waals surface area contributed by atoms with Crippen LogP contribution in [0.4, 0.5) is 11.4 Å². The Kier molecular flexibility index (Phi) is 6.84. The summed E-state index contributed by atoms with van der Waals surface area (Å²) in [7, 11) is 3.03. The van der Waals surface area contributed by atoms with Crippen molar-refractivity contribution in [3.63, 3.8) is 0 Å². The third-order valence-electron chi connectivity index (χ3n) is 3.46. The van der Waals surface area contributed by atoms with Gasteiger partial charge < -0.3 is 24.8 Å². The molecule has 0 saturated carbocycles. The van der Waals surface area contributed by atoms with Crippen LogP contribution in [-0.4, -0.2) is 32.6 Å². The normalized spacial score (nSPS) is 9.96. The van der Waals surface area contributed by atoms with Crippen molar-refractivity contribution in [2.45, 2.75) is 13.3 Å². The monoisotopic (exact) mass is 358 g/mol. The smallest absolute Gasteiger partial charge is 0.233 e. The van der Waals surface area contributed by atoms with Gasteiger partial charge in [-0.1, -0.05) is 12.1 Å². The van der Waals surface area contributed by atoms with Gasteiger partial charge in [0.15, 0.2) is 0 Å². The van der Waals surface area contributed by atoms with Gasteiger partial charge in [0.2, 0.25) is 11.8 Å². The molecule has 0 unspecified atom stereocenters. The molecule has 2 N–H and O–H groups in total. The average molecular weight is 358 g/mol. The van der Waals surface area contributed by atoms with Crippen molar-refractivity contribution in [1.29, 1.82) is 0 Å². The summed E-state index contributed by atoms with van der Waals surface area (Å²) >= 11 is 0. The molecular formula is C19H22N2O5. The van der Waals surface area contributed by atoms with Crippen LogP contribution in [0.5, 0.6) is 17.2 Å². The van der Waals surface area contributed by atoms with Crippen LogP contribution in [-0.2, 0) is 9.59 Å². The van der Waals surface area contributed by atoms with Crippen LogP contribution in [0.25, 0.3) is 0 Å². The summed E-state index contributed by atoms with van der Waals surface area (Å²) in [5.41, 5.74) is 0.981. The molecule has 2 rings (SSSR count). The largest absolute Gasteiger partial charge is 0.497 e. The number of rotatable bonds is 8. The van der Waals surface area contributed by atoms with Crippen LogP contribution < -0.4 is 24.8 Å². The van der Waals surface area contributed by atoms with Crippen molar-refractivity contribution in [2.75, 3.05) is 31.5 Å². The molecule has 0 aliphatic heterocycles. The minimum absolute atomic E-state index is 0.338. The van der Waals surface area contributed by atoms with E-state index in [2.05, 4.69) is 10.6 Å². The second-order valence-electron chi connectivity index (χ2n) is 5.27. The highest BCUT2D eigenvalue weighted by Gasteiger charge is 2.14. The molecule has 7 heteroatoms. The molecule has 0 heterocycles. The van der Waals surface area contributed by atoms with E-state index >= 15 is 0 Å². The summed E-state index contributed by atoms with van der Waals surface area (Å²) in [5, 5.41) is 5.34. The standard InChI is InChI=1S/C19H22N2O5/c1-4-26-16-8-6-5-7-14(16)20-18(22)12-19(23)21-15-10-9-13(24-2)11-17(15)25-3/h5-11H,4,12H2,1-3H3,(H,20,22)(H,21,23). The Bertz CT molecular complexity index is 776. The molecule has 0 radical (unpaired) electrons.